The number of aromatic hydroxyl groups is 1. The first-order valence-corrected chi connectivity index (χ1v) is 12.3. The van der Waals surface area contributed by atoms with Crippen molar-refractivity contribution in [2.24, 2.45) is 11.7 Å². The van der Waals surface area contributed by atoms with Crippen molar-refractivity contribution in [3.05, 3.63) is 65.7 Å². The molecule has 0 fully saturated rings. The first kappa shape index (κ1) is 30.3. The van der Waals surface area contributed by atoms with Crippen LogP contribution < -0.4 is 21.7 Å². The van der Waals surface area contributed by atoms with Crippen LogP contribution in [0.3, 0.4) is 0 Å². The summed E-state index contributed by atoms with van der Waals surface area (Å²) in [6.07, 6.45) is 0.420. The predicted molar refractivity (Wildman–Crippen MR) is 140 cm³/mol. The van der Waals surface area contributed by atoms with E-state index in [4.69, 9.17) is 5.73 Å². The third-order valence-corrected chi connectivity index (χ3v) is 5.78. The average Bonchev–Trinajstić information content (AvgIpc) is 2.87. The molecular formula is C27H36N4O7. The number of phenols is 1. The lowest BCUT2D eigenvalue weighted by atomic mass is 10.0. The van der Waals surface area contributed by atoms with Gasteiger partial charge in [-0.15, -0.1) is 0 Å². The number of nitrogens with two attached hydrogens (primary N) is 1. The van der Waals surface area contributed by atoms with E-state index in [0.717, 1.165) is 5.56 Å². The van der Waals surface area contributed by atoms with Gasteiger partial charge in [0.2, 0.25) is 17.7 Å². The third kappa shape index (κ3) is 9.83. The average molecular weight is 529 g/mol. The van der Waals surface area contributed by atoms with Crippen molar-refractivity contribution in [2.45, 2.75) is 57.3 Å². The van der Waals surface area contributed by atoms with E-state index in [1.807, 2.05) is 13.8 Å². The van der Waals surface area contributed by atoms with Crippen molar-refractivity contribution in [1.82, 2.24) is 16.0 Å². The molecule has 0 aromatic heterocycles. The van der Waals surface area contributed by atoms with Gasteiger partial charge in [-0.2, -0.15) is 0 Å². The van der Waals surface area contributed by atoms with E-state index in [1.165, 1.54) is 24.3 Å². The van der Waals surface area contributed by atoms with Crippen LogP contribution in [-0.2, 0) is 32.0 Å². The maximum atomic E-state index is 13.1. The number of carbonyl (C=O) groups is 4. The molecule has 0 aliphatic rings. The number of aliphatic hydroxyl groups excluding tert-OH is 1. The lowest BCUT2D eigenvalue weighted by molar-refractivity contribution is -0.142. The Balaban J connectivity index is 2.13. The Morgan fingerprint density at radius 3 is 1.82 bits per heavy atom. The number of carbonyl (C=O) groups excluding carboxylic acids is 3. The van der Waals surface area contributed by atoms with Crippen LogP contribution in [0, 0.1) is 5.92 Å². The third-order valence-electron chi connectivity index (χ3n) is 5.78. The van der Waals surface area contributed by atoms with Crippen molar-refractivity contribution >= 4 is 23.7 Å². The molecule has 4 unspecified atom stereocenters. The summed E-state index contributed by atoms with van der Waals surface area (Å²) in [6.45, 7) is 3.03. The van der Waals surface area contributed by atoms with E-state index in [1.54, 1.807) is 30.3 Å². The number of hydrogen-bond donors (Lipinski definition) is 7. The smallest absolute Gasteiger partial charge is 0.326 e. The lowest BCUT2D eigenvalue weighted by Gasteiger charge is -2.25. The molecule has 2 aromatic carbocycles. The number of carboxylic acid groups (broad SMARTS) is 1. The van der Waals surface area contributed by atoms with Crippen LogP contribution in [0.25, 0.3) is 0 Å². The Bertz CT molecular complexity index is 1080. The summed E-state index contributed by atoms with van der Waals surface area (Å²) in [5, 5.41) is 36.1. The van der Waals surface area contributed by atoms with Crippen LogP contribution >= 0.6 is 0 Å². The number of benzene rings is 2. The highest BCUT2D eigenvalue weighted by Crippen LogP contribution is 2.12. The van der Waals surface area contributed by atoms with Gasteiger partial charge in [0.15, 0.2) is 0 Å². The van der Waals surface area contributed by atoms with Crippen molar-refractivity contribution in [3.63, 3.8) is 0 Å². The van der Waals surface area contributed by atoms with Crippen molar-refractivity contribution in [2.75, 3.05) is 6.61 Å². The zero-order valence-electron chi connectivity index (χ0n) is 21.5. The van der Waals surface area contributed by atoms with Gasteiger partial charge in [-0.25, -0.2) is 4.79 Å². The van der Waals surface area contributed by atoms with Crippen LogP contribution in [0.1, 0.15) is 31.4 Å². The molecule has 0 spiro atoms. The van der Waals surface area contributed by atoms with Crippen LogP contribution in [0.4, 0.5) is 0 Å². The highest BCUT2D eigenvalue weighted by Gasteiger charge is 2.30. The summed E-state index contributed by atoms with van der Waals surface area (Å²) in [7, 11) is 0. The van der Waals surface area contributed by atoms with Gasteiger partial charge >= 0.3 is 5.97 Å². The summed E-state index contributed by atoms with van der Waals surface area (Å²) in [4.78, 5) is 50.4. The van der Waals surface area contributed by atoms with Crippen LogP contribution in [0.2, 0.25) is 0 Å². The van der Waals surface area contributed by atoms with Gasteiger partial charge < -0.3 is 37.0 Å². The maximum absolute atomic E-state index is 13.1. The number of aliphatic hydroxyl groups is 1. The number of carboxylic acids is 1. The SMILES string of the molecule is CC(C)CC(N)C(=O)NC(Cc1ccccc1)C(=O)NC(CO)C(=O)NC(Cc1ccc(O)cc1)C(=O)O. The number of hydrogen-bond acceptors (Lipinski definition) is 7. The minimum atomic E-state index is -1.47. The topological polar surface area (TPSA) is 191 Å². The predicted octanol–water partition coefficient (Wildman–Crippen LogP) is 0.0821. The van der Waals surface area contributed by atoms with Crippen LogP contribution in [0.15, 0.2) is 54.6 Å². The zero-order chi connectivity index (χ0) is 28.2. The van der Waals surface area contributed by atoms with Gasteiger partial charge in [-0.1, -0.05) is 56.3 Å². The fourth-order valence-corrected chi connectivity index (χ4v) is 3.76. The monoisotopic (exact) mass is 528 g/mol. The molecule has 206 valence electrons. The van der Waals surface area contributed by atoms with Crippen LogP contribution in [-0.4, -0.2) is 69.8 Å². The minimum absolute atomic E-state index is 0.00928. The van der Waals surface area contributed by atoms with E-state index in [-0.39, 0.29) is 24.5 Å². The molecule has 4 atom stereocenters. The number of aliphatic carboxylic acids is 1. The van der Waals surface area contributed by atoms with Crippen molar-refractivity contribution < 1.29 is 34.5 Å². The van der Waals surface area contributed by atoms with E-state index in [2.05, 4.69) is 16.0 Å². The first-order chi connectivity index (χ1) is 18.0. The molecule has 2 aromatic rings. The second-order valence-corrected chi connectivity index (χ2v) is 9.50. The summed E-state index contributed by atoms with van der Waals surface area (Å²) in [6, 6.07) is 9.96. The highest BCUT2D eigenvalue weighted by atomic mass is 16.4. The minimum Gasteiger partial charge on any atom is -0.508 e. The fourth-order valence-electron chi connectivity index (χ4n) is 3.76. The second-order valence-electron chi connectivity index (χ2n) is 9.50. The second kappa shape index (κ2) is 14.7. The number of nitrogens with one attached hydrogen (secondary N) is 3. The van der Waals surface area contributed by atoms with Gasteiger partial charge in [0, 0.05) is 12.8 Å². The lowest BCUT2D eigenvalue weighted by Crippen LogP contribution is -2.58. The number of rotatable bonds is 14. The van der Waals surface area contributed by atoms with Gasteiger partial charge in [0.1, 0.15) is 23.9 Å². The van der Waals surface area contributed by atoms with Gasteiger partial charge in [-0.05, 0) is 35.6 Å². The molecular weight excluding hydrogens is 492 g/mol. The van der Waals surface area contributed by atoms with Gasteiger partial charge in [0.05, 0.1) is 12.6 Å². The number of phenolic OH excluding ortho intramolecular Hbond substituents is 1. The van der Waals surface area contributed by atoms with Gasteiger partial charge in [0.25, 0.3) is 0 Å². The Morgan fingerprint density at radius 1 is 0.763 bits per heavy atom. The quantitative estimate of drug-likeness (QED) is 0.179. The molecule has 0 heterocycles. The Hall–Kier alpha value is -3.96. The standard InChI is InChI=1S/C27H36N4O7/c1-16(2)12-20(28)24(34)29-21(13-17-6-4-3-5-7-17)25(35)31-23(15-32)26(36)30-22(27(37)38)14-18-8-10-19(33)11-9-18/h3-11,16,20-23,32-33H,12-15,28H2,1-2H3,(H,29,34)(H,30,36)(H,31,35)(H,37,38). The fraction of sp³-hybridized carbons (Fsp3) is 0.407. The van der Waals surface area contributed by atoms with Gasteiger partial charge in [-0.3, -0.25) is 14.4 Å². The van der Waals surface area contributed by atoms with Crippen LogP contribution in [0.5, 0.6) is 5.75 Å². The van der Waals surface area contributed by atoms with E-state index < -0.39 is 54.5 Å². The highest BCUT2D eigenvalue weighted by molar-refractivity contribution is 5.94. The largest absolute Gasteiger partial charge is 0.508 e. The Labute approximate surface area is 221 Å². The summed E-state index contributed by atoms with van der Waals surface area (Å²) in [5.74, 6) is -3.33. The Morgan fingerprint density at radius 2 is 1.26 bits per heavy atom. The first-order valence-electron chi connectivity index (χ1n) is 12.3. The molecule has 0 aliphatic heterocycles. The van der Waals surface area contributed by atoms with Crippen molar-refractivity contribution in [3.8, 4) is 5.75 Å². The normalized spacial score (nSPS) is 14.1. The molecule has 11 nitrogen and oxygen atoms in total. The summed E-state index contributed by atoms with van der Waals surface area (Å²) < 4.78 is 0. The maximum Gasteiger partial charge on any atom is 0.326 e. The molecule has 11 heteroatoms. The van der Waals surface area contributed by atoms with E-state index in [0.29, 0.717) is 12.0 Å². The molecule has 2 rings (SSSR count). The molecule has 3 amide bonds. The van der Waals surface area contributed by atoms with E-state index in [9.17, 15) is 34.5 Å². The summed E-state index contributed by atoms with van der Waals surface area (Å²) in [5.41, 5.74) is 7.26. The Kier molecular flexibility index (Phi) is 11.7. The molecule has 0 saturated heterocycles. The van der Waals surface area contributed by atoms with E-state index >= 15 is 0 Å². The molecule has 0 bridgehead atoms. The molecule has 0 saturated carbocycles. The molecule has 0 radical (unpaired) electrons. The molecule has 38 heavy (non-hydrogen) atoms. The van der Waals surface area contributed by atoms with Crippen molar-refractivity contribution in [1.29, 1.82) is 0 Å². The zero-order valence-corrected chi connectivity index (χ0v) is 21.5. The number of amides is 3. The molecule has 0 aliphatic carbocycles. The molecule has 8 N–H and O–H groups in total. The summed E-state index contributed by atoms with van der Waals surface area (Å²) >= 11 is 0.